The summed E-state index contributed by atoms with van der Waals surface area (Å²) in [5.41, 5.74) is 1.35. The number of hydrogen-bond donors (Lipinski definition) is 1. The molecule has 7 heteroatoms. The minimum absolute atomic E-state index is 0.0648. The lowest BCUT2D eigenvalue weighted by atomic mass is 10.1. The van der Waals surface area contributed by atoms with Gasteiger partial charge in [0.15, 0.2) is 5.78 Å². The molecule has 1 fully saturated rings. The van der Waals surface area contributed by atoms with E-state index in [4.69, 9.17) is 5.11 Å². The Morgan fingerprint density at radius 3 is 2.36 bits per heavy atom. The van der Waals surface area contributed by atoms with Gasteiger partial charge in [0.25, 0.3) is 0 Å². The van der Waals surface area contributed by atoms with Crippen molar-refractivity contribution in [2.75, 3.05) is 44.2 Å². The predicted octanol–water partition coefficient (Wildman–Crippen LogP) is 2.02. The van der Waals surface area contributed by atoms with Crippen LogP contribution in [0, 0.1) is 0 Å². The van der Waals surface area contributed by atoms with Crippen molar-refractivity contribution in [2.24, 2.45) is 0 Å². The zero-order valence-electron chi connectivity index (χ0n) is 16.1. The molecular formula is C21H26N4O3. The van der Waals surface area contributed by atoms with Gasteiger partial charge >= 0.3 is 6.03 Å². The Bertz CT molecular complexity index is 787. The SMILES string of the molecule is CCN1CCN(C(=O)N(Cc2ccc(C(=O)CO)cc2)c2ccccn2)CC1. The summed E-state index contributed by atoms with van der Waals surface area (Å²) < 4.78 is 0. The van der Waals surface area contributed by atoms with Gasteiger partial charge in [0, 0.05) is 37.9 Å². The van der Waals surface area contributed by atoms with Gasteiger partial charge in [-0.25, -0.2) is 9.78 Å². The van der Waals surface area contributed by atoms with Crippen LogP contribution in [0.3, 0.4) is 0 Å². The lowest BCUT2D eigenvalue weighted by Gasteiger charge is -2.37. The third-order valence-corrected chi connectivity index (χ3v) is 5.01. The van der Waals surface area contributed by atoms with Gasteiger partial charge in [-0.2, -0.15) is 0 Å². The van der Waals surface area contributed by atoms with Crippen molar-refractivity contribution >= 4 is 17.6 Å². The zero-order chi connectivity index (χ0) is 19.9. The van der Waals surface area contributed by atoms with Crippen LogP contribution in [0.2, 0.25) is 0 Å². The summed E-state index contributed by atoms with van der Waals surface area (Å²) in [6, 6.07) is 12.4. The number of ketones is 1. The van der Waals surface area contributed by atoms with Crippen LogP contribution in [0.15, 0.2) is 48.7 Å². The number of rotatable bonds is 6. The Morgan fingerprint density at radius 2 is 1.79 bits per heavy atom. The lowest BCUT2D eigenvalue weighted by Crippen LogP contribution is -2.52. The van der Waals surface area contributed by atoms with E-state index >= 15 is 0 Å². The minimum atomic E-state index is -0.512. The topological polar surface area (TPSA) is 77.0 Å². The highest BCUT2D eigenvalue weighted by Crippen LogP contribution is 2.18. The highest BCUT2D eigenvalue weighted by Gasteiger charge is 2.26. The molecule has 0 radical (unpaired) electrons. The number of pyridine rings is 1. The molecular weight excluding hydrogens is 356 g/mol. The quantitative estimate of drug-likeness (QED) is 0.774. The number of anilines is 1. The van der Waals surface area contributed by atoms with E-state index in [1.54, 1.807) is 35.4 Å². The molecule has 28 heavy (non-hydrogen) atoms. The fourth-order valence-corrected chi connectivity index (χ4v) is 3.26. The number of nitrogens with zero attached hydrogens (tertiary/aromatic N) is 4. The molecule has 1 N–H and O–H groups in total. The van der Waals surface area contributed by atoms with E-state index in [1.807, 2.05) is 23.1 Å². The van der Waals surface area contributed by atoms with Crippen LogP contribution in [-0.4, -0.2) is 71.0 Å². The second-order valence-electron chi connectivity index (χ2n) is 6.76. The molecule has 2 aromatic rings. The van der Waals surface area contributed by atoms with E-state index < -0.39 is 6.61 Å². The number of urea groups is 1. The summed E-state index contributed by atoms with van der Waals surface area (Å²) in [5.74, 6) is 0.277. The Kier molecular flexibility index (Phi) is 6.73. The number of aliphatic hydroxyl groups excluding tert-OH is 1. The Hall–Kier alpha value is -2.77. The molecule has 1 aromatic carbocycles. The molecule has 2 amide bonds. The fourth-order valence-electron chi connectivity index (χ4n) is 3.26. The monoisotopic (exact) mass is 382 g/mol. The average molecular weight is 382 g/mol. The van der Waals surface area contributed by atoms with E-state index in [0.29, 0.717) is 31.0 Å². The first-order valence-electron chi connectivity index (χ1n) is 9.55. The van der Waals surface area contributed by atoms with Gasteiger partial charge in [-0.3, -0.25) is 9.69 Å². The maximum absolute atomic E-state index is 13.2. The molecule has 2 heterocycles. The number of benzene rings is 1. The second kappa shape index (κ2) is 9.43. The summed E-state index contributed by atoms with van der Waals surface area (Å²) >= 11 is 0. The number of Topliss-reactive ketones (excluding diaryl/α,β-unsaturated/α-hetero) is 1. The third-order valence-electron chi connectivity index (χ3n) is 5.01. The van der Waals surface area contributed by atoms with Gasteiger partial charge in [0.2, 0.25) is 0 Å². The van der Waals surface area contributed by atoms with Gasteiger partial charge in [-0.05, 0) is 24.2 Å². The number of carbonyl (C=O) groups is 2. The maximum Gasteiger partial charge on any atom is 0.326 e. The molecule has 7 nitrogen and oxygen atoms in total. The van der Waals surface area contributed by atoms with E-state index in [2.05, 4.69) is 16.8 Å². The molecule has 1 aliphatic rings. The normalized spacial score (nSPS) is 14.7. The highest BCUT2D eigenvalue weighted by molar-refractivity contribution is 5.97. The van der Waals surface area contributed by atoms with Crippen molar-refractivity contribution in [1.29, 1.82) is 0 Å². The Balaban J connectivity index is 1.78. The van der Waals surface area contributed by atoms with Crippen molar-refractivity contribution in [1.82, 2.24) is 14.8 Å². The first-order valence-corrected chi connectivity index (χ1v) is 9.55. The van der Waals surface area contributed by atoms with Gasteiger partial charge < -0.3 is 14.9 Å². The molecule has 0 atom stereocenters. The summed E-state index contributed by atoms with van der Waals surface area (Å²) in [6.07, 6.45) is 1.67. The summed E-state index contributed by atoms with van der Waals surface area (Å²) in [5, 5.41) is 8.99. The smallest absolute Gasteiger partial charge is 0.326 e. The fraction of sp³-hybridized carbons (Fsp3) is 0.381. The minimum Gasteiger partial charge on any atom is -0.388 e. The van der Waals surface area contributed by atoms with Gasteiger partial charge in [0.1, 0.15) is 12.4 Å². The number of aliphatic hydroxyl groups is 1. The highest BCUT2D eigenvalue weighted by atomic mass is 16.3. The molecule has 1 aromatic heterocycles. The van der Waals surface area contributed by atoms with E-state index in [-0.39, 0.29) is 11.8 Å². The van der Waals surface area contributed by atoms with Crippen LogP contribution in [0.1, 0.15) is 22.8 Å². The van der Waals surface area contributed by atoms with Crippen molar-refractivity contribution in [3.05, 3.63) is 59.8 Å². The molecule has 3 rings (SSSR count). The van der Waals surface area contributed by atoms with Gasteiger partial charge in [0.05, 0.1) is 6.54 Å². The molecule has 0 saturated carbocycles. The lowest BCUT2D eigenvalue weighted by molar-refractivity contribution is 0.0903. The molecule has 1 saturated heterocycles. The number of hydrogen-bond acceptors (Lipinski definition) is 5. The molecule has 0 unspecified atom stereocenters. The summed E-state index contributed by atoms with van der Waals surface area (Å²) in [4.78, 5) is 35.0. The van der Waals surface area contributed by atoms with Crippen LogP contribution in [0.5, 0.6) is 0 Å². The van der Waals surface area contributed by atoms with Crippen LogP contribution >= 0.6 is 0 Å². The summed E-state index contributed by atoms with van der Waals surface area (Å²) in [6.45, 7) is 6.10. The van der Waals surface area contributed by atoms with Crippen molar-refractivity contribution in [3.8, 4) is 0 Å². The first-order chi connectivity index (χ1) is 13.6. The number of piperazine rings is 1. The van der Waals surface area contributed by atoms with Gasteiger partial charge in [-0.15, -0.1) is 0 Å². The number of amides is 2. The van der Waals surface area contributed by atoms with Crippen LogP contribution < -0.4 is 4.90 Å². The van der Waals surface area contributed by atoms with Crippen molar-refractivity contribution in [3.63, 3.8) is 0 Å². The molecule has 1 aliphatic heterocycles. The Labute approximate surface area is 165 Å². The Morgan fingerprint density at radius 1 is 1.07 bits per heavy atom. The number of likely N-dealkylation sites (N-methyl/N-ethyl adjacent to an activating group) is 1. The zero-order valence-corrected chi connectivity index (χ0v) is 16.1. The molecule has 0 aliphatic carbocycles. The summed E-state index contributed by atoms with van der Waals surface area (Å²) in [7, 11) is 0. The van der Waals surface area contributed by atoms with Crippen molar-refractivity contribution in [2.45, 2.75) is 13.5 Å². The molecule has 0 bridgehead atoms. The molecule has 0 spiro atoms. The second-order valence-corrected chi connectivity index (χ2v) is 6.76. The third kappa shape index (κ3) is 4.74. The van der Waals surface area contributed by atoms with E-state index in [9.17, 15) is 9.59 Å². The standard InChI is InChI=1S/C21H26N4O3/c1-2-23-11-13-24(14-12-23)21(28)25(20-5-3-4-10-22-20)15-17-6-8-18(9-7-17)19(27)16-26/h3-10,26H,2,11-16H2,1H3. The van der Waals surface area contributed by atoms with Gasteiger partial charge in [-0.1, -0.05) is 37.3 Å². The van der Waals surface area contributed by atoms with E-state index in [1.165, 1.54) is 0 Å². The number of aromatic nitrogens is 1. The van der Waals surface area contributed by atoms with Crippen LogP contribution in [0.25, 0.3) is 0 Å². The van der Waals surface area contributed by atoms with Crippen LogP contribution in [0.4, 0.5) is 10.6 Å². The maximum atomic E-state index is 13.2. The average Bonchev–Trinajstić information content (AvgIpc) is 2.77. The molecule has 148 valence electrons. The largest absolute Gasteiger partial charge is 0.388 e. The van der Waals surface area contributed by atoms with E-state index in [0.717, 1.165) is 25.2 Å². The predicted molar refractivity (Wildman–Crippen MR) is 107 cm³/mol. The first kappa shape index (κ1) is 20.0. The number of carbonyl (C=O) groups excluding carboxylic acids is 2. The van der Waals surface area contributed by atoms with Crippen molar-refractivity contribution < 1.29 is 14.7 Å². The van der Waals surface area contributed by atoms with Crippen LogP contribution in [-0.2, 0) is 6.54 Å².